The Kier molecular flexibility index (Phi) is 5.14. The molecule has 1 aromatic rings. The van der Waals surface area contributed by atoms with Crippen molar-refractivity contribution in [2.75, 3.05) is 7.11 Å². The number of methoxy groups -OCH3 is 1. The molecule has 1 aromatic carbocycles. The van der Waals surface area contributed by atoms with Gasteiger partial charge in [-0.1, -0.05) is 48.6 Å². The van der Waals surface area contributed by atoms with Crippen LogP contribution >= 0.6 is 0 Å². The number of hydrogen-bond acceptors (Lipinski definition) is 3. The van der Waals surface area contributed by atoms with Crippen LogP contribution in [0.5, 0.6) is 0 Å². The van der Waals surface area contributed by atoms with Crippen LogP contribution in [0, 0.1) is 0 Å². The molecule has 2 rings (SSSR count). The van der Waals surface area contributed by atoms with Gasteiger partial charge < -0.3 is 14.0 Å². The van der Waals surface area contributed by atoms with Crippen LogP contribution in [-0.2, 0) is 14.0 Å². The summed E-state index contributed by atoms with van der Waals surface area (Å²) in [5, 5.41) is 1.43. The molecule has 23 heavy (non-hydrogen) atoms. The fourth-order valence-corrected chi connectivity index (χ4v) is 5.40. The number of benzene rings is 1. The summed E-state index contributed by atoms with van der Waals surface area (Å²) in [6.45, 7) is 13.1. The number of rotatable bonds is 5. The molecular weight excluding hydrogens is 303 g/mol. The summed E-state index contributed by atoms with van der Waals surface area (Å²) < 4.78 is 17.8. The van der Waals surface area contributed by atoms with E-state index in [-0.39, 0.29) is 18.3 Å². The Hall–Kier alpha value is -1.04. The van der Waals surface area contributed by atoms with E-state index in [0.29, 0.717) is 0 Å². The number of allylic oxidation sites excluding steroid dienone is 1. The van der Waals surface area contributed by atoms with Crippen molar-refractivity contribution < 1.29 is 14.0 Å². The maximum absolute atomic E-state index is 6.21. The number of ether oxygens (including phenoxy) is 1. The zero-order chi connectivity index (χ0) is 17.3. The summed E-state index contributed by atoms with van der Waals surface area (Å²) in [5.41, 5.74) is 0.429. The summed E-state index contributed by atoms with van der Waals surface area (Å²) in [6, 6.07) is 11.7. The molecule has 0 radical (unpaired) electrons. The van der Waals surface area contributed by atoms with Gasteiger partial charge in [-0.25, -0.2) is 0 Å². The highest BCUT2D eigenvalue weighted by molar-refractivity contribution is 6.91. The van der Waals surface area contributed by atoms with Crippen molar-refractivity contribution in [3.8, 4) is 0 Å². The van der Waals surface area contributed by atoms with Crippen molar-refractivity contribution >= 4 is 20.4 Å². The molecule has 5 heteroatoms. The van der Waals surface area contributed by atoms with Gasteiger partial charge in [-0.15, -0.1) is 0 Å². The lowest BCUT2D eigenvalue weighted by Crippen LogP contribution is -2.43. The fourth-order valence-electron chi connectivity index (χ4n) is 2.83. The average molecular weight is 332 g/mol. The summed E-state index contributed by atoms with van der Waals surface area (Å²) in [7, 11) is -0.303. The van der Waals surface area contributed by atoms with Crippen LogP contribution in [-0.4, -0.2) is 33.5 Å². The van der Waals surface area contributed by atoms with E-state index in [4.69, 9.17) is 14.0 Å². The maximum atomic E-state index is 6.21. The van der Waals surface area contributed by atoms with E-state index < -0.39 is 8.07 Å². The Morgan fingerprint density at radius 1 is 1.09 bits per heavy atom. The smallest absolute Gasteiger partial charge is 0.493 e. The molecular formula is C18H29BO3Si. The lowest BCUT2D eigenvalue weighted by Gasteiger charge is -2.32. The van der Waals surface area contributed by atoms with Gasteiger partial charge in [0, 0.05) is 0 Å². The number of hydrogen-bond donors (Lipinski definition) is 0. The Balaban J connectivity index is 2.23. The van der Waals surface area contributed by atoms with Gasteiger partial charge in [0.05, 0.1) is 32.6 Å². The van der Waals surface area contributed by atoms with Crippen molar-refractivity contribution in [3.63, 3.8) is 0 Å². The minimum absolute atomic E-state index is 0.330. The van der Waals surface area contributed by atoms with Crippen molar-refractivity contribution in [1.29, 1.82) is 0 Å². The summed E-state index contributed by atoms with van der Waals surface area (Å²) >= 11 is 0. The highest BCUT2D eigenvalue weighted by Gasteiger charge is 2.53. The van der Waals surface area contributed by atoms with E-state index >= 15 is 0 Å². The molecule has 0 atom stereocenters. The molecule has 126 valence electrons. The van der Waals surface area contributed by atoms with Crippen molar-refractivity contribution in [3.05, 3.63) is 42.1 Å². The van der Waals surface area contributed by atoms with Gasteiger partial charge in [0.1, 0.15) is 0 Å². The average Bonchev–Trinajstić information content (AvgIpc) is 2.68. The molecule has 0 aliphatic carbocycles. The standard InChI is InChI=1S/C18H29BO3Si/c1-17(2)18(3,4)22-19(21-17)15(13-20-5)14-23(6,7)16-11-9-8-10-12-16/h8-13H,14H2,1-7H3/b15-13+. The third-order valence-electron chi connectivity index (χ3n) is 5.03. The van der Waals surface area contributed by atoms with E-state index in [0.717, 1.165) is 11.5 Å². The van der Waals surface area contributed by atoms with Crippen LogP contribution in [0.15, 0.2) is 42.1 Å². The SMILES string of the molecule is CO/C=C(\C[Si](C)(C)c1ccccc1)B1OC(C)(C)C(C)(C)O1. The predicted octanol–water partition coefficient (Wildman–Crippen LogP) is 3.76. The van der Waals surface area contributed by atoms with E-state index in [1.165, 1.54) is 5.19 Å². The fraction of sp³-hybridized carbons (Fsp3) is 0.556. The van der Waals surface area contributed by atoms with Crippen LogP contribution in [0.3, 0.4) is 0 Å². The highest BCUT2D eigenvalue weighted by atomic mass is 28.3. The second-order valence-electron chi connectivity index (χ2n) is 7.94. The van der Waals surface area contributed by atoms with Crippen molar-refractivity contribution in [1.82, 2.24) is 0 Å². The van der Waals surface area contributed by atoms with Gasteiger partial charge in [0.25, 0.3) is 0 Å². The lowest BCUT2D eigenvalue weighted by atomic mass is 9.80. The van der Waals surface area contributed by atoms with Crippen LogP contribution in [0.1, 0.15) is 27.7 Å². The summed E-state index contributed by atoms with van der Waals surface area (Å²) in [5.74, 6) is 0. The third-order valence-corrected chi connectivity index (χ3v) is 8.21. The first-order valence-electron chi connectivity index (χ1n) is 8.22. The Morgan fingerprint density at radius 3 is 2.09 bits per heavy atom. The molecule has 0 amide bonds. The van der Waals surface area contributed by atoms with E-state index in [1.54, 1.807) is 13.4 Å². The van der Waals surface area contributed by atoms with Crippen LogP contribution < -0.4 is 5.19 Å². The second-order valence-corrected chi connectivity index (χ2v) is 12.6. The Morgan fingerprint density at radius 2 is 1.61 bits per heavy atom. The second kappa shape index (κ2) is 6.46. The molecule has 0 spiro atoms. The molecule has 0 N–H and O–H groups in total. The van der Waals surface area contributed by atoms with E-state index in [1.807, 2.05) is 0 Å². The minimum atomic E-state index is -1.65. The largest absolute Gasteiger partial charge is 0.505 e. The minimum Gasteiger partial charge on any atom is -0.505 e. The zero-order valence-corrected chi connectivity index (χ0v) is 16.5. The first kappa shape index (κ1) is 18.3. The van der Waals surface area contributed by atoms with Crippen LogP contribution in [0.25, 0.3) is 0 Å². The molecule has 0 unspecified atom stereocenters. The van der Waals surface area contributed by atoms with E-state index in [9.17, 15) is 0 Å². The van der Waals surface area contributed by atoms with Gasteiger partial charge in [-0.2, -0.15) is 0 Å². The van der Waals surface area contributed by atoms with Crippen molar-refractivity contribution in [2.45, 2.75) is 58.0 Å². The summed E-state index contributed by atoms with van der Waals surface area (Å²) in [6.07, 6.45) is 1.81. The van der Waals surface area contributed by atoms with Crippen molar-refractivity contribution in [2.24, 2.45) is 0 Å². The lowest BCUT2D eigenvalue weighted by molar-refractivity contribution is 0.00578. The molecule has 0 bridgehead atoms. The molecule has 3 nitrogen and oxygen atoms in total. The highest BCUT2D eigenvalue weighted by Crippen LogP contribution is 2.39. The topological polar surface area (TPSA) is 27.7 Å². The quantitative estimate of drug-likeness (QED) is 0.607. The normalized spacial score (nSPS) is 20.7. The summed E-state index contributed by atoms with van der Waals surface area (Å²) in [4.78, 5) is 0. The molecule has 0 aromatic heterocycles. The first-order valence-corrected chi connectivity index (χ1v) is 11.4. The third kappa shape index (κ3) is 3.90. The molecule has 1 aliphatic rings. The predicted molar refractivity (Wildman–Crippen MR) is 99.5 cm³/mol. The maximum Gasteiger partial charge on any atom is 0.493 e. The van der Waals surface area contributed by atoms with Crippen LogP contribution in [0.4, 0.5) is 0 Å². The van der Waals surface area contributed by atoms with Gasteiger partial charge in [0.2, 0.25) is 0 Å². The van der Waals surface area contributed by atoms with E-state index in [2.05, 4.69) is 71.1 Å². The molecule has 0 saturated carbocycles. The first-order chi connectivity index (χ1) is 10.6. The molecule has 1 aliphatic heterocycles. The van der Waals surface area contributed by atoms with Gasteiger partial charge in [-0.3, -0.25) is 0 Å². The van der Waals surface area contributed by atoms with Gasteiger partial charge in [0.15, 0.2) is 0 Å². The van der Waals surface area contributed by atoms with Crippen LogP contribution in [0.2, 0.25) is 19.1 Å². The Bertz CT molecular complexity index is 551. The molecule has 1 fully saturated rings. The molecule has 1 saturated heterocycles. The zero-order valence-electron chi connectivity index (χ0n) is 15.5. The molecule has 1 heterocycles. The van der Waals surface area contributed by atoms with Gasteiger partial charge in [-0.05, 0) is 39.2 Å². The monoisotopic (exact) mass is 332 g/mol. The Labute approximate surface area is 142 Å². The van der Waals surface area contributed by atoms with Gasteiger partial charge >= 0.3 is 7.12 Å².